The number of likely N-dealkylation sites (tertiary alicyclic amines) is 1. The number of alkyl halides is 3. The van der Waals surface area contributed by atoms with Crippen LogP contribution in [0.2, 0.25) is 0 Å². The lowest BCUT2D eigenvalue weighted by atomic mass is 9.98. The molecule has 6 nitrogen and oxygen atoms in total. The number of carbonyl (C=O) groups is 3. The molecule has 2 aliphatic heterocycles. The number of amides is 2. The largest absolute Gasteiger partial charge is 0.480 e. The number of anilines is 1. The Morgan fingerprint density at radius 1 is 1.15 bits per heavy atom. The molecule has 0 spiro atoms. The average molecular weight is 384 g/mol. The summed E-state index contributed by atoms with van der Waals surface area (Å²) < 4.78 is 40.0. The van der Waals surface area contributed by atoms with Gasteiger partial charge in [-0.05, 0) is 44.4 Å². The molecule has 2 aliphatic rings. The van der Waals surface area contributed by atoms with Crippen LogP contribution >= 0.6 is 0 Å². The van der Waals surface area contributed by atoms with E-state index in [-0.39, 0.29) is 43.1 Å². The monoisotopic (exact) mass is 384 g/mol. The van der Waals surface area contributed by atoms with Gasteiger partial charge in [-0.15, -0.1) is 0 Å². The SMILES string of the molecule is CC1(C(=O)O)CCCN1C(=O)c1cc(N2CCCC2=O)cc(C(F)(F)F)c1. The molecule has 1 aromatic rings. The Hall–Kier alpha value is -2.58. The van der Waals surface area contributed by atoms with Crippen molar-refractivity contribution in [3.63, 3.8) is 0 Å². The molecule has 2 saturated heterocycles. The first kappa shape index (κ1) is 19.2. The fourth-order valence-electron chi connectivity index (χ4n) is 3.64. The molecule has 3 rings (SSSR count). The smallest absolute Gasteiger partial charge is 0.416 e. The van der Waals surface area contributed by atoms with Crippen molar-refractivity contribution in [3.05, 3.63) is 29.3 Å². The third kappa shape index (κ3) is 3.38. The molecule has 1 unspecified atom stereocenters. The molecule has 0 aliphatic carbocycles. The second-order valence-corrected chi connectivity index (χ2v) is 7.05. The van der Waals surface area contributed by atoms with Gasteiger partial charge < -0.3 is 14.9 Å². The maximum Gasteiger partial charge on any atom is 0.416 e. The second-order valence-electron chi connectivity index (χ2n) is 7.05. The van der Waals surface area contributed by atoms with Gasteiger partial charge in [-0.2, -0.15) is 13.2 Å². The fraction of sp³-hybridized carbons (Fsp3) is 0.500. The summed E-state index contributed by atoms with van der Waals surface area (Å²) in [7, 11) is 0. The Morgan fingerprint density at radius 2 is 1.85 bits per heavy atom. The molecule has 1 N–H and O–H groups in total. The zero-order valence-corrected chi connectivity index (χ0v) is 14.7. The van der Waals surface area contributed by atoms with Crippen molar-refractivity contribution in [2.45, 2.75) is 44.3 Å². The van der Waals surface area contributed by atoms with Gasteiger partial charge in [0.15, 0.2) is 0 Å². The average Bonchev–Trinajstić information content (AvgIpc) is 3.19. The van der Waals surface area contributed by atoms with Gasteiger partial charge in [-0.25, -0.2) is 4.79 Å². The van der Waals surface area contributed by atoms with Crippen molar-refractivity contribution in [2.75, 3.05) is 18.0 Å². The molecule has 0 radical (unpaired) electrons. The molecule has 9 heteroatoms. The van der Waals surface area contributed by atoms with E-state index in [9.17, 15) is 32.7 Å². The van der Waals surface area contributed by atoms with E-state index in [0.717, 1.165) is 11.0 Å². The van der Waals surface area contributed by atoms with E-state index in [2.05, 4.69) is 0 Å². The minimum atomic E-state index is -4.70. The van der Waals surface area contributed by atoms with Gasteiger partial charge in [0.25, 0.3) is 5.91 Å². The summed E-state index contributed by atoms with van der Waals surface area (Å²) in [5.41, 5.74) is -2.77. The first-order valence-electron chi connectivity index (χ1n) is 8.62. The molecule has 1 atom stereocenters. The predicted octanol–water partition coefficient (Wildman–Crippen LogP) is 2.91. The highest BCUT2D eigenvalue weighted by Crippen LogP contribution is 2.36. The van der Waals surface area contributed by atoms with E-state index in [0.29, 0.717) is 18.9 Å². The lowest BCUT2D eigenvalue weighted by Crippen LogP contribution is -2.50. The van der Waals surface area contributed by atoms with Crippen molar-refractivity contribution in [1.82, 2.24) is 4.90 Å². The summed E-state index contributed by atoms with van der Waals surface area (Å²) in [6.07, 6.45) is -3.26. The molecule has 2 heterocycles. The number of carboxylic acid groups (broad SMARTS) is 1. The van der Waals surface area contributed by atoms with Gasteiger partial charge in [-0.3, -0.25) is 9.59 Å². The Morgan fingerprint density at radius 3 is 2.41 bits per heavy atom. The van der Waals surface area contributed by atoms with E-state index < -0.39 is 29.2 Å². The Balaban J connectivity index is 2.05. The Kier molecular flexibility index (Phi) is 4.65. The van der Waals surface area contributed by atoms with Crippen molar-refractivity contribution in [3.8, 4) is 0 Å². The summed E-state index contributed by atoms with van der Waals surface area (Å²) in [6, 6.07) is 2.80. The van der Waals surface area contributed by atoms with Crippen LogP contribution in [0.4, 0.5) is 18.9 Å². The van der Waals surface area contributed by atoms with Crippen LogP contribution in [-0.4, -0.2) is 46.4 Å². The van der Waals surface area contributed by atoms with Gasteiger partial charge in [0.1, 0.15) is 5.54 Å². The lowest BCUT2D eigenvalue weighted by molar-refractivity contribution is -0.147. The number of halogens is 3. The summed E-state index contributed by atoms with van der Waals surface area (Å²) in [6.45, 7) is 1.82. The van der Waals surface area contributed by atoms with E-state index in [1.807, 2.05) is 0 Å². The third-order valence-electron chi connectivity index (χ3n) is 5.22. The zero-order chi connectivity index (χ0) is 20.0. The molecule has 0 aromatic heterocycles. The van der Waals surface area contributed by atoms with Crippen molar-refractivity contribution >= 4 is 23.5 Å². The van der Waals surface area contributed by atoms with Crippen LogP contribution in [0, 0.1) is 0 Å². The third-order valence-corrected chi connectivity index (χ3v) is 5.22. The van der Waals surface area contributed by atoms with Crippen LogP contribution in [0.1, 0.15) is 48.5 Å². The van der Waals surface area contributed by atoms with Crippen LogP contribution in [0.15, 0.2) is 18.2 Å². The van der Waals surface area contributed by atoms with E-state index in [1.54, 1.807) is 0 Å². The Bertz CT molecular complexity index is 808. The fourth-order valence-corrected chi connectivity index (χ4v) is 3.64. The van der Waals surface area contributed by atoms with E-state index in [1.165, 1.54) is 17.9 Å². The van der Waals surface area contributed by atoms with Crippen molar-refractivity contribution in [1.29, 1.82) is 0 Å². The minimum Gasteiger partial charge on any atom is -0.480 e. The number of nitrogens with zero attached hydrogens (tertiary/aromatic N) is 2. The summed E-state index contributed by atoms with van der Waals surface area (Å²) in [4.78, 5) is 38.7. The first-order valence-corrected chi connectivity index (χ1v) is 8.62. The number of carbonyl (C=O) groups excluding carboxylic acids is 2. The molecular weight excluding hydrogens is 365 g/mol. The molecule has 2 fully saturated rings. The van der Waals surface area contributed by atoms with Gasteiger partial charge in [0, 0.05) is 30.8 Å². The molecule has 146 valence electrons. The lowest BCUT2D eigenvalue weighted by Gasteiger charge is -2.31. The van der Waals surface area contributed by atoms with Crippen LogP contribution in [0.5, 0.6) is 0 Å². The maximum absolute atomic E-state index is 13.3. The Labute approximate surface area is 153 Å². The standard InChI is InChI=1S/C18H19F3N2O4/c1-17(16(26)27)5-3-7-23(17)15(25)11-8-12(18(19,20)21)10-13(9-11)22-6-2-4-14(22)24/h8-10H,2-7H2,1H3,(H,26,27). The highest BCUT2D eigenvalue weighted by molar-refractivity contribution is 6.01. The van der Waals surface area contributed by atoms with Crippen LogP contribution in [0.3, 0.4) is 0 Å². The number of carboxylic acids is 1. The quantitative estimate of drug-likeness (QED) is 0.869. The highest BCUT2D eigenvalue weighted by Gasteiger charge is 2.46. The first-order chi connectivity index (χ1) is 12.5. The summed E-state index contributed by atoms with van der Waals surface area (Å²) in [5.74, 6) is -2.28. The van der Waals surface area contributed by atoms with Crippen LogP contribution in [-0.2, 0) is 15.8 Å². The highest BCUT2D eigenvalue weighted by atomic mass is 19.4. The van der Waals surface area contributed by atoms with Gasteiger partial charge in [0.05, 0.1) is 5.56 Å². The minimum absolute atomic E-state index is 0.00639. The molecule has 0 saturated carbocycles. The summed E-state index contributed by atoms with van der Waals surface area (Å²) >= 11 is 0. The summed E-state index contributed by atoms with van der Waals surface area (Å²) in [5, 5.41) is 9.46. The normalized spacial score (nSPS) is 23.2. The molecular formula is C18H19F3N2O4. The molecule has 2 amide bonds. The van der Waals surface area contributed by atoms with Crippen molar-refractivity contribution < 1.29 is 32.7 Å². The zero-order valence-electron chi connectivity index (χ0n) is 14.7. The van der Waals surface area contributed by atoms with E-state index in [4.69, 9.17) is 0 Å². The number of hydrogen-bond donors (Lipinski definition) is 1. The number of rotatable bonds is 3. The van der Waals surface area contributed by atoms with Crippen LogP contribution < -0.4 is 4.90 Å². The van der Waals surface area contributed by atoms with Crippen molar-refractivity contribution in [2.24, 2.45) is 0 Å². The van der Waals surface area contributed by atoms with Gasteiger partial charge in [-0.1, -0.05) is 0 Å². The van der Waals surface area contributed by atoms with Gasteiger partial charge in [0.2, 0.25) is 5.91 Å². The number of hydrogen-bond acceptors (Lipinski definition) is 3. The number of aliphatic carboxylic acids is 1. The van der Waals surface area contributed by atoms with Gasteiger partial charge >= 0.3 is 12.1 Å². The second kappa shape index (κ2) is 6.54. The predicted molar refractivity (Wildman–Crippen MR) is 89.3 cm³/mol. The molecule has 0 bridgehead atoms. The molecule has 27 heavy (non-hydrogen) atoms. The van der Waals surface area contributed by atoms with E-state index >= 15 is 0 Å². The number of benzene rings is 1. The van der Waals surface area contributed by atoms with Crippen LogP contribution in [0.25, 0.3) is 0 Å². The maximum atomic E-state index is 13.3. The molecule has 1 aromatic carbocycles. The topological polar surface area (TPSA) is 77.9 Å².